The lowest BCUT2D eigenvalue weighted by Gasteiger charge is -2.30. The zero-order chi connectivity index (χ0) is 40.7. The van der Waals surface area contributed by atoms with E-state index in [-0.39, 0.29) is 26.2 Å². The monoisotopic (exact) mass is 798 g/mol. The molecule has 0 saturated carbocycles. The Labute approximate surface area is 348 Å². The zero-order valence-electron chi connectivity index (χ0n) is 33.7. The van der Waals surface area contributed by atoms with Gasteiger partial charge in [-0.05, 0) is 41.7 Å². The first-order valence-corrected chi connectivity index (χ1v) is 20.3. The fraction of sp³-hybridized carbons (Fsp3) is 0.360. The van der Waals surface area contributed by atoms with Crippen LogP contribution in [0.15, 0.2) is 152 Å². The van der Waals surface area contributed by atoms with Crippen molar-refractivity contribution in [1.82, 2.24) is 0 Å². The second kappa shape index (κ2) is 21.5. The van der Waals surface area contributed by atoms with Crippen LogP contribution in [0.2, 0.25) is 0 Å². The molecule has 5 aromatic carbocycles. The van der Waals surface area contributed by atoms with Crippen molar-refractivity contribution >= 4 is 0 Å². The Morgan fingerprint density at radius 1 is 0.593 bits per heavy atom. The van der Waals surface area contributed by atoms with Crippen LogP contribution in [0.3, 0.4) is 0 Å². The van der Waals surface area contributed by atoms with Gasteiger partial charge in [-0.1, -0.05) is 164 Å². The molecule has 2 fully saturated rings. The highest BCUT2D eigenvalue weighted by Crippen LogP contribution is 2.41. The summed E-state index contributed by atoms with van der Waals surface area (Å²) in [6.45, 7) is 5.29. The van der Waals surface area contributed by atoms with Gasteiger partial charge >= 0.3 is 0 Å². The average Bonchev–Trinajstić information content (AvgIpc) is 3.75. The van der Waals surface area contributed by atoms with E-state index in [9.17, 15) is 5.11 Å². The predicted molar refractivity (Wildman–Crippen MR) is 223 cm³/mol. The summed E-state index contributed by atoms with van der Waals surface area (Å²) in [6, 6.07) is 49.6. The molecule has 0 unspecified atom stereocenters. The molecule has 9 nitrogen and oxygen atoms in total. The van der Waals surface area contributed by atoms with E-state index in [2.05, 4.69) is 11.8 Å². The van der Waals surface area contributed by atoms with Gasteiger partial charge in [-0.25, -0.2) is 0 Å². The molecular formula is C50H54O9. The van der Waals surface area contributed by atoms with Gasteiger partial charge in [0.05, 0.1) is 45.7 Å². The van der Waals surface area contributed by atoms with E-state index in [1.807, 2.05) is 166 Å². The van der Waals surface area contributed by atoms with Crippen molar-refractivity contribution in [2.24, 2.45) is 0 Å². The van der Waals surface area contributed by atoms with Crippen LogP contribution in [0.1, 0.15) is 48.1 Å². The number of aliphatic hydroxyl groups is 1. The molecule has 7 rings (SSSR count). The van der Waals surface area contributed by atoms with Gasteiger partial charge < -0.3 is 43.0 Å². The molecule has 1 N–H and O–H groups in total. The van der Waals surface area contributed by atoms with Crippen molar-refractivity contribution in [2.45, 2.75) is 108 Å². The van der Waals surface area contributed by atoms with Gasteiger partial charge in [0.25, 0.3) is 0 Å². The maximum absolute atomic E-state index is 11.8. The summed E-state index contributed by atoms with van der Waals surface area (Å²) in [6.07, 6.45) is -5.27. The van der Waals surface area contributed by atoms with Crippen LogP contribution in [-0.2, 0) is 70.9 Å². The fourth-order valence-corrected chi connectivity index (χ4v) is 7.18. The zero-order valence-corrected chi connectivity index (χ0v) is 33.7. The van der Waals surface area contributed by atoms with E-state index in [1.54, 1.807) is 0 Å². The molecule has 2 aliphatic heterocycles. The Balaban J connectivity index is 1.15. The van der Waals surface area contributed by atoms with Crippen LogP contribution in [-0.4, -0.2) is 66.5 Å². The lowest BCUT2D eigenvalue weighted by molar-refractivity contribution is -0.234. The first-order chi connectivity index (χ1) is 28.9. The molecule has 2 saturated heterocycles. The second-order valence-electron chi connectivity index (χ2n) is 15.2. The Morgan fingerprint density at radius 3 is 1.61 bits per heavy atom. The number of aliphatic hydroxyl groups excluding tert-OH is 1. The van der Waals surface area contributed by atoms with E-state index in [0.717, 1.165) is 27.8 Å². The first kappa shape index (κ1) is 42.4. The molecule has 9 heteroatoms. The Morgan fingerprint density at radius 2 is 1.07 bits per heavy atom. The van der Waals surface area contributed by atoms with Crippen LogP contribution in [0, 0.1) is 11.8 Å². The molecule has 59 heavy (non-hydrogen) atoms. The number of hydrogen-bond donors (Lipinski definition) is 1. The number of rotatable bonds is 20. The van der Waals surface area contributed by atoms with Crippen molar-refractivity contribution in [3.8, 4) is 11.8 Å². The van der Waals surface area contributed by atoms with Crippen LogP contribution in [0.4, 0.5) is 0 Å². The van der Waals surface area contributed by atoms with E-state index >= 15 is 0 Å². The van der Waals surface area contributed by atoms with Gasteiger partial charge in [-0.3, -0.25) is 0 Å². The Hall–Kier alpha value is -4.70. The largest absolute Gasteiger partial charge is 0.388 e. The Kier molecular flexibility index (Phi) is 15.5. The van der Waals surface area contributed by atoms with E-state index < -0.39 is 54.8 Å². The van der Waals surface area contributed by atoms with Gasteiger partial charge in [0.15, 0.2) is 12.1 Å². The SMILES string of the molecule is CC1(C)O[C@H]2O[C@H]([C@H](CC#C[C@H](OCc3ccccc3)[C@H](OCc3ccccc3)[C@H](O)COCc3ccccc3)OCc3ccccc3)[C@H](OCc3ccccc3)[C@H]2O1. The third-order valence-electron chi connectivity index (χ3n) is 10.2. The summed E-state index contributed by atoms with van der Waals surface area (Å²) in [4.78, 5) is 0. The quantitative estimate of drug-likeness (QED) is 0.0783. The molecular weight excluding hydrogens is 745 g/mol. The van der Waals surface area contributed by atoms with Crippen LogP contribution in [0.5, 0.6) is 0 Å². The summed E-state index contributed by atoms with van der Waals surface area (Å²) in [5.41, 5.74) is 4.96. The minimum absolute atomic E-state index is 0.0134. The third-order valence-corrected chi connectivity index (χ3v) is 10.2. The number of hydrogen-bond acceptors (Lipinski definition) is 9. The lowest BCUT2D eigenvalue weighted by Crippen LogP contribution is -2.44. The van der Waals surface area contributed by atoms with Gasteiger partial charge in [0.2, 0.25) is 0 Å². The van der Waals surface area contributed by atoms with Crippen LogP contribution < -0.4 is 0 Å². The average molecular weight is 799 g/mol. The number of benzene rings is 5. The first-order valence-electron chi connectivity index (χ1n) is 20.3. The molecule has 2 aliphatic rings. The molecule has 0 radical (unpaired) electrons. The van der Waals surface area contributed by atoms with E-state index in [1.165, 1.54) is 0 Å². The predicted octanol–water partition coefficient (Wildman–Crippen LogP) is 8.18. The van der Waals surface area contributed by atoms with Gasteiger partial charge in [-0.15, -0.1) is 0 Å². The molecule has 0 spiro atoms. The summed E-state index contributed by atoms with van der Waals surface area (Å²) >= 11 is 0. The molecule has 308 valence electrons. The summed E-state index contributed by atoms with van der Waals surface area (Å²) in [5.74, 6) is 5.89. The third kappa shape index (κ3) is 12.7. The summed E-state index contributed by atoms with van der Waals surface area (Å²) < 4.78 is 51.5. The van der Waals surface area contributed by atoms with Crippen LogP contribution in [0.25, 0.3) is 0 Å². The molecule has 2 heterocycles. The van der Waals surface area contributed by atoms with Gasteiger partial charge in [-0.2, -0.15) is 0 Å². The van der Waals surface area contributed by atoms with Crippen molar-refractivity contribution in [3.05, 3.63) is 179 Å². The van der Waals surface area contributed by atoms with Crippen molar-refractivity contribution < 1.29 is 43.0 Å². The highest BCUT2D eigenvalue weighted by atomic mass is 16.8. The smallest absolute Gasteiger partial charge is 0.190 e. The number of fused-ring (bicyclic) bond motifs is 1. The van der Waals surface area contributed by atoms with Crippen molar-refractivity contribution in [1.29, 1.82) is 0 Å². The summed E-state index contributed by atoms with van der Waals surface area (Å²) in [7, 11) is 0. The molecule has 0 aromatic heterocycles. The minimum atomic E-state index is -1.06. The topological polar surface area (TPSA) is 94.1 Å². The fourth-order valence-electron chi connectivity index (χ4n) is 7.18. The second-order valence-corrected chi connectivity index (χ2v) is 15.2. The normalized spacial score (nSPS) is 21.5. The standard InChI is InChI=1S/C50H54O9/c1-50(2)58-48-47(56-35-41-27-16-7-17-28-41)46(57-49(48)59-50)44(54-33-39-23-12-5-13-24-39)30-18-29-43(53-32-38-21-10-4-11-22-38)45(55-34-40-25-14-6-15-26-40)42(51)36-52-31-37-19-8-3-9-20-37/h3-17,19-28,42-49,51H,30-36H2,1-2H3/t42-,43+,44+,45-,46-,47+,48-,49-/m1/s1. The highest BCUT2D eigenvalue weighted by molar-refractivity contribution is 5.19. The molecule has 0 bridgehead atoms. The van der Waals surface area contributed by atoms with Crippen molar-refractivity contribution in [2.75, 3.05) is 6.61 Å². The van der Waals surface area contributed by atoms with E-state index in [4.69, 9.17) is 37.9 Å². The molecule has 0 aliphatic carbocycles. The number of ether oxygens (including phenoxy) is 8. The van der Waals surface area contributed by atoms with E-state index in [0.29, 0.717) is 19.8 Å². The van der Waals surface area contributed by atoms with Gasteiger partial charge in [0, 0.05) is 6.42 Å². The molecule has 5 aromatic rings. The maximum Gasteiger partial charge on any atom is 0.190 e. The molecule has 8 atom stereocenters. The minimum Gasteiger partial charge on any atom is -0.388 e. The van der Waals surface area contributed by atoms with Crippen molar-refractivity contribution in [3.63, 3.8) is 0 Å². The maximum atomic E-state index is 11.8. The summed E-state index contributed by atoms with van der Waals surface area (Å²) in [5, 5.41) is 11.8. The Bertz CT molecular complexity index is 2000. The van der Waals surface area contributed by atoms with Gasteiger partial charge in [0.1, 0.15) is 36.6 Å². The lowest BCUT2D eigenvalue weighted by atomic mass is 10.0. The molecule has 0 amide bonds. The highest BCUT2D eigenvalue weighted by Gasteiger charge is 2.57. The van der Waals surface area contributed by atoms with Crippen LogP contribution >= 0.6 is 0 Å².